The number of rotatable bonds is 3. The Kier molecular flexibility index (Phi) is 3.71. The summed E-state index contributed by atoms with van der Waals surface area (Å²) in [5, 5.41) is 2.55. The Balaban J connectivity index is 2.16. The van der Waals surface area contributed by atoms with Crippen LogP contribution in [0.1, 0.15) is 10.4 Å². The topological polar surface area (TPSA) is 89.3 Å². The highest BCUT2D eigenvalue weighted by Crippen LogP contribution is 2.17. The molecular formula is C13H11FN2O3S. The maximum Gasteiger partial charge on any atom is 0.332 e. The number of hydrogen-bond donors (Lipinski definition) is 2. The van der Waals surface area contributed by atoms with Crippen LogP contribution in [-0.4, -0.2) is 14.3 Å². The maximum atomic E-state index is 12.7. The predicted molar refractivity (Wildman–Crippen MR) is 73.5 cm³/mol. The van der Waals surface area contributed by atoms with E-state index in [1.807, 2.05) is 0 Å². The van der Waals surface area contributed by atoms with Gasteiger partial charge >= 0.3 is 10.2 Å². The van der Waals surface area contributed by atoms with Gasteiger partial charge in [-0.05, 0) is 42.5 Å². The fourth-order valence-corrected chi connectivity index (χ4v) is 2.05. The van der Waals surface area contributed by atoms with Crippen molar-refractivity contribution in [3.63, 3.8) is 0 Å². The number of carbonyl (C=O) groups excluding carboxylic acids is 1. The van der Waals surface area contributed by atoms with Gasteiger partial charge < -0.3 is 11.1 Å². The third-order valence-corrected chi connectivity index (χ3v) is 3.38. The van der Waals surface area contributed by atoms with E-state index in [0.29, 0.717) is 16.9 Å². The molecule has 2 rings (SSSR count). The van der Waals surface area contributed by atoms with Crippen LogP contribution in [0.4, 0.5) is 15.3 Å². The summed E-state index contributed by atoms with van der Waals surface area (Å²) in [4.78, 5) is 11.4. The van der Waals surface area contributed by atoms with Crippen LogP contribution in [0, 0.1) is 0 Å². The summed E-state index contributed by atoms with van der Waals surface area (Å²) in [5.74, 6) is -0.395. The van der Waals surface area contributed by atoms with Gasteiger partial charge in [-0.25, -0.2) is 0 Å². The standard InChI is InChI=1S/C13H11FN2O3S/c14-20(18,19)12-6-4-11(5-7-12)16-13(17)9-2-1-3-10(15)8-9/h1-8H,15H2,(H,16,17). The van der Waals surface area contributed by atoms with Crippen LogP contribution < -0.4 is 11.1 Å². The third kappa shape index (κ3) is 3.33. The van der Waals surface area contributed by atoms with Gasteiger partial charge in [0, 0.05) is 16.9 Å². The summed E-state index contributed by atoms with van der Waals surface area (Å²) in [7, 11) is -4.74. The van der Waals surface area contributed by atoms with Gasteiger partial charge in [-0.15, -0.1) is 3.89 Å². The molecule has 0 aliphatic heterocycles. The van der Waals surface area contributed by atoms with Crippen molar-refractivity contribution < 1.29 is 17.1 Å². The van der Waals surface area contributed by atoms with Crippen molar-refractivity contribution in [1.29, 1.82) is 0 Å². The summed E-state index contributed by atoms with van der Waals surface area (Å²) in [5.41, 5.74) is 6.74. The van der Waals surface area contributed by atoms with Crippen molar-refractivity contribution in [3.05, 3.63) is 54.1 Å². The molecule has 20 heavy (non-hydrogen) atoms. The average molecular weight is 294 g/mol. The number of amides is 1. The van der Waals surface area contributed by atoms with Gasteiger partial charge in [0.05, 0.1) is 4.90 Å². The largest absolute Gasteiger partial charge is 0.399 e. The zero-order valence-corrected chi connectivity index (χ0v) is 11.0. The molecule has 0 radical (unpaired) electrons. The minimum Gasteiger partial charge on any atom is -0.399 e. The lowest BCUT2D eigenvalue weighted by molar-refractivity contribution is 0.102. The molecule has 1 amide bonds. The molecule has 104 valence electrons. The maximum absolute atomic E-state index is 12.7. The Bertz CT molecular complexity index is 742. The van der Waals surface area contributed by atoms with Crippen LogP contribution in [0.2, 0.25) is 0 Å². The molecule has 0 unspecified atom stereocenters. The second kappa shape index (κ2) is 5.30. The molecule has 0 fully saturated rings. The average Bonchev–Trinajstić information content (AvgIpc) is 2.38. The van der Waals surface area contributed by atoms with E-state index in [1.165, 1.54) is 18.2 Å². The number of halogens is 1. The minimum absolute atomic E-state index is 0.352. The first-order valence-electron chi connectivity index (χ1n) is 5.58. The Morgan fingerprint density at radius 1 is 1.10 bits per heavy atom. The van der Waals surface area contributed by atoms with Crippen LogP contribution in [0.5, 0.6) is 0 Å². The summed E-state index contributed by atoms with van der Waals surface area (Å²) in [6.07, 6.45) is 0. The van der Waals surface area contributed by atoms with Gasteiger partial charge in [0.1, 0.15) is 0 Å². The summed E-state index contributed by atoms with van der Waals surface area (Å²) in [6, 6.07) is 11.1. The van der Waals surface area contributed by atoms with Crippen molar-refractivity contribution >= 4 is 27.5 Å². The van der Waals surface area contributed by atoms with Gasteiger partial charge in [-0.1, -0.05) is 6.07 Å². The zero-order chi connectivity index (χ0) is 14.8. The SMILES string of the molecule is Nc1cccc(C(=O)Nc2ccc(S(=O)(=O)F)cc2)c1. The number of carbonyl (C=O) groups is 1. The molecule has 0 atom stereocenters. The lowest BCUT2D eigenvalue weighted by atomic mass is 10.2. The fourth-order valence-electron chi connectivity index (χ4n) is 1.58. The van der Waals surface area contributed by atoms with E-state index >= 15 is 0 Å². The van der Waals surface area contributed by atoms with Crippen molar-refractivity contribution in [1.82, 2.24) is 0 Å². The molecule has 0 bridgehead atoms. The lowest BCUT2D eigenvalue weighted by Crippen LogP contribution is -2.12. The lowest BCUT2D eigenvalue weighted by Gasteiger charge is -2.06. The smallest absolute Gasteiger partial charge is 0.332 e. The number of hydrogen-bond acceptors (Lipinski definition) is 4. The normalized spacial score (nSPS) is 11.1. The third-order valence-electron chi connectivity index (χ3n) is 2.54. The van der Waals surface area contributed by atoms with E-state index < -0.39 is 21.0 Å². The van der Waals surface area contributed by atoms with E-state index in [-0.39, 0.29) is 0 Å². The number of benzene rings is 2. The Morgan fingerprint density at radius 2 is 1.75 bits per heavy atom. The number of nitrogens with two attached hydrogens (primary N) is 1. The Morgan fingerprint density at radius 3 is 2.30 bits per heavy atom. The first kappa shape index (κ1) is 14.0. The molecule has 0 spiro atoms. The van der Waals surface area contributed by atoms with E-state index in [4.69, 9.17) is 5.73 Å². The van der Waals surface area contributed by atoms with Crippen molar-refractivity contribution in [2.24, 2.45) is 0 Å². The quantitative estimate of drug-likeness (QED) is 0.670. The molecule has 0 aromatic heterocycles. The van der Waals surface area contributed by atoms with Crippen molar-refractivity contribution in [3.8, 4) is 0 Å². The summed E-state index contributed by atoms with van der Waals surface area (Å²) in [6.45, 7) is 0. The molecule has 2 aromatic rings. The van der Waals surface area contributed by atoms with Gasteiger partial charge in [-0.2, -0.15) is 8.42 Å². The molecule has 0 heterocycles. The Labute approximate surface area is 115 Å². The van der Waals surface area contributed by atoms with Crippen LogP contribution in [-0.2, 0) is 10.2 Å². The second-order valence-corrected chi connectivity index (χ2v) is 5.39. The molecule has 3 N–H and O–H groups in total. The van der Waals surface area contributed by atoms with Gasteiger partial charge in [0.15, 0.2) is 0 Å². The molecule has 0 saturated heterocycles. The molecule has 0 aliphatic carbocycles. The van der Waals surface area contributed by atoms with Gasteiger partial charge in [-0.3, -0.25) is 4.79 Å². The zero-order valence-electron chi connectivity index (χ0n) is 10.2. The van der Waals surface area contributed by atoms with Crippen molar-refractivity contribution in [2.75, 3.05) is 11.1 Å². The number of anilines is 2. The highest BCUT2D eigenvalue weighted by molar-refractivity contribution is 7.86. The molecule has 7 heteroatoms. The van der Waals surface area contributed by atoms with Gasteiger partial charge in [0.2, 0.25) is 0 Å². The molecule has 0 saturated carbocycles. The monoisotopic (exact) mass is 294 g/mol. The number of nitrogen functional groups attached to an aromatic ring is 1. The first-order chi connectivity index (χ1) is 9.36. The van der Waals surface area contributed by atoms with Crippen LogP contribution >= 0.6 is 0 Å². The van der Waals surface area contributed by atoms with Crippen LogP contribution in [0.3, 0.4) is 0 Å². The molecular weight excluding hydrogens is 283 g/mol. The molecule has 2 aromatic carbocycles. The Hall–Kier alpha value is -2.41. The summed E-state index contributed by atoms with van der Waals surface area (Å²) >= 11 is 0. The van der Waals surface area contributed by atoms with E-state index in [1.54, 1.807) is 18.2 Å². The number of nitrogens with one attached hydrogen (secondary N) is 1. The highest BCUT2D eigenvalue weighted by Gasteiger charge is 2.12. The van der Waals surface area contributed by atoms with Gasteiger partial charge in [0.25, 0.3) is 5.91 Å². The van der Waals surface area contributed by atoms with Crippen LogP contribution in [0.25, 0.3) is 0 Å². The highest BCUT2D eigenvalue weighted by atomic mass is 32.3. The fraction of sp³-hybridized carbons (Fsp3) is 0. The van der Waals surface area contributed by atoms with Crippen molar-refractivity contribution in [2.45, 2.75) is 4.90 Å². The van der Waals surface area contributed by atoms with E-state index in [2.05, 4.69) is 5.32 Å². The molecule has 5 nitrogen and oxygen atoms in total. The predicted octanol–water partition coefficient (Wildman–Crippen LogP) is 2.18. The minimum atomic E-state index is -4.74. The summed E-state index contributed by atoms with van der Waals surface area (Å²) < 4.78 is 34.0. The van der Waals surface area contributed by atoms with E-state index in [9.17, 15) is 17.1 Å². The van der Waals surface area contributed by atoms with Crippen LogP contribution in [0.15, 0.2) is 53.4 Å². The molecule has 0 aliphatic rings. The second-order valence-electron chi connectivity index (χ2n) is 4.04. The first-order valence-corrected chi connectivity index (χ1v) is 6.96. The van der Waals surface area contributed by atoms with E-state index in [0.717, 1.165) is 12.1 Å².